The summed E-state index contributed by atoms with van der Waals surface area (Å²) in [5.74, 6) is 0.304. The lowest BCUT2D eigenvalue weighted by Crippen LogP contribution is -2.33. The van der Waals surface area contributed by atoms with E-state index in [1.165, 1.54) is 10.1 Å². The topological polar surface area (TPSA) is 114 Å². The second-order valence-corrected chi connectivity index (χ2v) is 7.41. The molecule has 2 aromatic carbocycles. The summed E-state index contributed by atoms with van der Waals surface area (Å²) in [7, 11) is 0. The van der Waals surface area contributed by atoms with Crippen molar-refractivity contribution in [3.05, 3.63) is 76.4 Å². The maximum Gasteiger partial charge on any atom is 0.420 e. The van der Waals surface area contributed by atoms with Crippen LogP contribution in [-0.4, -0.2) is 33.5 Å². The first-order valence-electron chi connectivity index (χ1n) is 10.3. The fraction of sp³-hybridized carbons (Fsp3) is 0.217. The molecule has 0 saturated heterocycles. The molecule has 0 radical (unpaired) electrons. The number of hydrogen-bond acceptors (Lipinski definition) is 7. The van der Waals surface area contributed by atoms with Crippen LogP contribution in [0.1, 0.15) is 11.3 Å². The first-order chi connectivity index (χ1) is 15.5. The second-order valence-electron chi connectivity index (χ2n) is 7.41. The number of carbonyl (C=O) groups is 1. The van der Waals surface area contributed by atoms with Crippen LogP contribution in [0, 0.1) is 13.8 Å². The Morgan fingerprint density at radius 1 is 1.03 bits per heavy atom. The molecule has 4 rings (SSSR count). The van der Waals surface area contributed by atoms with E-state index >= 15 is 0 Å². The second kappa shape index (κ2) is 9.34. The molecule has 9 heteroatoms. The number of fused-ring (bicyclic) bond motifs is 1. The molecule has 0 saturated carbocycles. The van der Waals surface area contributed by atoms with Gasteiger partial charge in [-0.1, -0.05) is 29.8 Å². The molecule has 2 heterocycles. The van der Waals surface area contributed by atoms with Crippen LogP contribution in [0.4, 0.5) is 17.5 Å². The van der Waals surface area contributed by atoms with Crippen molar-refractivity contribution in [1.82, 2.24) is 19.9 Å². The summed E-state index contributed by atoms with van der Waals surface area (Å²) in [6.45, 7) is 4.60. The highest BCUT2D eigenvalue weighted by Gasteiger charge is 2.12. The molecule has 9 nitrogen and oxygen atoms in total. The standard InChI is InChI=1S/C23H24N6O3/c1-15-7-9-17(10-8-15)27-20-13-16(2)26-22(28-20)25-12-11-24-21(30)14-29-18-5-3-4-6-19(18)32-23(29)31/h3-10,13H,11-12,14H2,1-2H3,(H,24,30)(H2,25,26,27,28). The first-order valence-corrected chi connectivity index (χ1v) is 10.3. The van der Waals surface area contributed by atoms with Gasteiger partial charge in [0.25, 0.3) is 0 Å². The minimum atomic E-state index is -0.554. The summed E-state index contributed by atoms with van der Waals surface area (Å²) in [6, 6.07) is 16.9. The van der Waals surface area contributed by atoms with E-state index in [2.05, 4.69) is 25.9 Å². The Morgan fingerprint density at radius 3 is 2.62 bits per heavy atom. The lowest BCUT2D eigenvalue weighted by molar-refractivity contribution is -0.121. The average molecular weight is 432 g/mol. The Hall–Kier alpha value is -4.14. The van der Waals surface area contributed by atoms with E-state index in [-0.39, 0.29) is 12.5 Å². The van der Waals surface area contributed by atoms with E-state index in [9.17, 15) is 9.59 Å². The number of aryl methyl sites for hydroxylation is 2. The van der Waals surface area contributed by atoms with Crippen molar-refractivity contribution in [2.24, 2.45) is 0 Å². The third kappa shape index (κ3) is 5.12. The van der Waals surface area contributed by atoms with E-state index in [0.717, 1.165) is 11.4 Å². The monoisotopic (exact) mass is 432 g/mol. The highest BCUT2D eigenvalue weighted by Crippen LogP contribution is 2.17. The molecular weight excluding hydrogens is 408 g/mol. The van der Waals surface area contributed by atoms with Gasteiger partial charge in [0.15, 0.2) is 5.58 Å². The van der Waals surface area contributed by atoms with Crippen molar-refractivity contribution < 1.29 is 9.21 Å². The number of carbonyl (C=O) groups excluding carboxylic acids is 1. The largest absolute Gasteiger partial charge is 0.420 e. The number of benzene rings is 2. The van der Waals surface area contributed by atoms with Gasteiger partial charge in [-0.3, -0.25) is 9.36 Å². The van der Waals surface area contributed by atoms with E-state index in [1.54, 1.807) is 24.3 Å². The molecule has 1 amide bonds. The number of para-hydroxylation sites is 2. The number of rotatable bonds is 8. The maximum absolute atomic E-state index is 12.3. The van der Waals surface area contributed by atoms with Crippen molar-refractivity contribution in [1.29, 1.82) is 0 Å². The number of nitrogens with one attached hydrogen (secondary N) is 3. The number of oxazole rings is 1. The molecule has 32 heavy (non-hydrogen) atoms. The molecule has 0 aliphatic heterocycles. The van der Waals surface area contributed by atoms with Crippen molar-refractivity contribution in [2.75, 3.05) is 23.7 Å². The number of aromatic nitrogens is 3. The maximum atomic E-state index is 12.3. The summed E-state index contributed by atoms with van der Waals surface area (Å²) in [5, 5.41) is 9.16. The minimum absolute atomic E-state index is 0.110. The predicted molar refractivity (Wildman–Crippen MR) is 123 cm³/mol. The number of amides is 1. The van der Waals surface area contributed by atoms with Crippen LogP contribution in [0.3, 0.4) is 0 Å². The van der Waals surface area contributed by atoms with E-state index in [0.29, 0.717) is 36.0 Å². The van der Waals surface area contributed by atoms with Crippen LogP contribution >= 0.6 is 0 Å². The number of nitrogens with zero attached hydrogens (tertiary/aromatic N) is 3. The molecule has 164 valence electrons. The summed E-state index contributed by atoms with van der Waals surface area (Å²) >= 11 is 0. The zero-order valence-electron chi connectivity index (χ0n) is 17.9. The van der Waals surface area contributed by atoms with Crippen LogP contribution < -0.4 is 21.7 Å². The molecule has 0 spiro atoms. The predicted octanol–water partition coefficient (Wildman–Crippen LogP) is 2.97. The molecule has 4 aromatic rings. The van der Waals surface area contributed by atoms with Gasteiger partial charge in [-0.2, -0.15) is 4.98 Å². The summed E-state index contributed by atoms with van der Waals surface area (Å²) < 4.78 is 6.46. The number of anilines is 3. The van der Waals surface area contributed by atoms with Gasteiger partial charge < -0.3 is 20.4 Å². The van der Waals surface area contributed by atoms with E-state index < -0.39 is 5.76 Å². The minimum Gasteiger partial charge on any atom is -0.408 e. The van der Waals surface area contributed by atoms with Crippen LogP contribution in [0.15, 0.2) is 63.8 Å². The van der Waals surface area contributed by atoms with Gasteiger partial charge in [0.05, 0.1) is 5.52 Å². The van der Waals surface area contributed by atoms with Crippen LogP contribution in [0.25, 0.3) is 11.1 Å². The molecular formula is C23H24N6O3. The SMILES string of the molecule is Cc1ccc(Nc2cc(C)nc(NCCNC(=O)Cn3c(=O)oc4ccccc43)n2)cc1. The first kappa shape index (κ1) is 21.1. The van der Waals surface area contributed by atoms with Gasteiger partial charge in [0.1, 0.15) is 12.4 Å². The van der Waals surface area contributed by atoms with Crippen LogP contribution in [0.5, 0.6) is 0 Å². The highest BCUT2D eigenvalue weighted by molar-refractivity contribution is 5.79. The Labute approximate surface area is 184 Å². The molecule has 0 aliphatic rings. The molecule has 0 bridgehead atoms. The molecule has 2 aromatic heterocycles. The molecule has 0 aliphatic carbocycles. The van der Waals surface area contributed by atoms with Gasteiger partial charge in [-0.05, 0) is 38.1 Å². The Morgan fingerprint density at radius 2 is 1.81 bits per heavy atom. The number of hydrogen-bond donors (Lipinski definition) is 3. The Bertz CT molecular complexity index is 1290. The molecule has 0 unspecified atom stereocenters. The fourth-order valence-corrected chi connectivity index (χ4v) is 3.24. The van der Waals surface area contributed by atoms with Crippen LogP contribution in [-0.2, 0) is 11.3 Å². The van der Waals surface area contributed by atoms with E-state index in [1.807, 2.05) is 44.2 Å². The Balaban J connectivity index is 1.30. The quantitative estimate of drug-likeness (QED) is 0.367. The van der Waals surface area contributed by atoms with Crippen molar-refractivity contribution in [3.63, 3.8) is 0 Å². The van der Waals surface area contributed by atoms with Crippen molar-refractivity contribution >= 4 is 34.5 Å². The van der Waals surface area contributed by atoms with Crippen molar-refractivity contribution in [3.8, 4) is 0 Å². The lowest BCUT2D eigenvalue weighted by Gasteiger charge is -2.11. The smallest absolute Gasteiger partial charge is 0.408 e. The van der Waals surface area contributed by atoms with Crippen LogP contribution in [0.2, 0.25) is 0 Å². The van der Waals surface area contributed by atoms with Gasteiger partial charge in [-0.15, -0.1) is 0 Å². The molecule has 0 fully saturated rings. The molecule has 0 atom stereocenters. The van der Waals surface area contributed by atoms with Crippen molar-refractivity contribution in [2.45, 2.75) is 20.4 Å². The third-order valence-corrected chi connectivity index (χ3v) is 4.78. The average Bonchev–Trinajstić information content (AvgIpc) is 3.08. The summed E-state index contributed by atoms with van der Waals surface area (Å²) in [6.07, 6.45) is 0. The van der Waals surface area contributed by atoms with Gasteiger partial charge in [0, 0.05) is 30.5 Å². The normalized spacial score (nSPS) is 10.8. The van der Waals surface area contributed by atoms with Gasteiger partial charge >= 0.3 is 5.76 Å². The lowest BCUT2D eigenvalue weighted by atomic mass is 10.2. The molecule has 3 N–H and O–H groups in total. The summed E-state index contributed by atoms with van der Waals surface area (Å²) in [5.41, 5.74) is 3.98. The fourth-order valence-electron chi connectivity index (χ4n) is 3.24. The van der Waals surface area contributed by atoms with Gasteiger partial charge in [0.2, 0.25) is 11.9 Å². The van der Waals surface area contributed by atoms with E-state index in [4.69, 9.17) is 4.42 Å². The Kier molecular flexibility index (Phi) is 6.16. The highest BCUT2D eigenvalue weighted by atomic mass is 16.4. The third-order valence-electron chi connectivity index (χ3n) is 4.78. The summed E-state index contributed by atoms with van der Waals surface area (Å²) in [4.78, 5) is 33.1. The zero-order chi connectivity index (χ0) is 22.5. The zero-order valence-corrected chi connectivity index (χ0v) is 17.9. The van der Waals surface area contributed by atoms with Gasteiger partial charge in [-0.25, -0.2) is 9.78 Å².